The first-order valence-electron chi connectivity index (χ1n) is 9.51. The maximum absolute atomic E-state index is 13.5. The van der Waals surface area contributed by atoms with Gasteiger partial charge in [-0.1, -0.05) is 12.1 Å². The highest BCUT2D eigenvalue weighted by Gasteiger charge is 2.43. The molecule has 5 rings (SSSR count). The van der Waals surface area contributed by atoms with Crippen LogP contribution in [0, 0.1) is 11.6 Å². The molecule has 2 aliphatic heterocycles. The zero-order chi connectivity index (χ0) is 19.1. The second kappa shape index (κ2) is 6.79. The van der Waals surface area contributed by atoms with E-state index >= 15 is 0 Å². The smallest absolute Gasteiger partial charge is 0.135 e. The lowest BCUT2D eigenvalue weighted by Crippen LogP contribution is -2.44. The van der Waals surface area contributed by atoms with Gasteiger partial charge in [-0.2, -0.15) is 0 Å². The Bertz CT molecular complexity index is 1000. The number of hydrogen-bond donors (Lipinski definition) is 0. The van der Waals surface area contributed by atoms with Gasteiger partial charge in [0.25, 0.3) is 0 Å². The Hall–Kier alpha value is -2.57. The molecule has 144 valence electrons. The van der Waals surface area contributed by atoms with Crippen LogP contribution in [-0.2, 0) is 24.4 Å². The highest BCUT2D eigenvalue weighted by atomic mass is 19.1. The molecule has 0 N–H and O–H groups in total. The van der Waals surface area contributed by atoms with Crippen molar-refractivity contribution in [3.05, 3.63) is 77.8 Å². The van der Waals surface area contributed by atoms with Gasteiger partial charge in [0.1, 0.15) is 29.7 Å². The van der Waals surface area contributed by atoms with Crippen LogP contribution < -0.4 is 0 Å². The third-order valence-corrected chi connectivity index (χ3v) is 5.72. The van der Waals surface area contributed by atoms with E-state index in [9.17, 15) is 8.78 Å². The molecule has 1 spiro atoms. The number of rotatable bonds is 3. The molecule has 4 nitrogen and oxygen atoms in total. The number of halogens is 2. The van der Waals surface area contributed by atoms with Gasteiger partial charge in [0, 0.05) is 19.6 Å². The molecule has 1 aromatic heterocycles. The Morgan fingerprint density at radius 3 is 2.71 bits per heavy atom. The molecule has 3 heterocycles. The molecular formula is C22H21F2N3O. The van der Waals surface area contributed by atoms with Crippen molar-refractivity contribution in [3.63, 3.8) is 0 Å². The summed E-state index contributed by atoms with van der Waals surface area (Å²) in [5.74, 6) is 0.451. The summed E-state index contributed by atoms with van der Waals surface area (Å²) >= 11 is 0. The standard InChI is InChI=1S/C22H21F2N3O/c23-18-6-4-17(5-7-18)20-11-25-21-13-28-22(15-27(20)21)8-9-26(14-22)12-16-2-1-3-19(24)10-16/h1-7,10-11H,8-9,12-15H2. The van der Waals surface area contributed by atoms with Crippen molar-refractivity contribution in [2.75, 3.05) is 13.1 Å². The fourth-order valence-electron chi connectivity index (χ4n) is 4.31. The number of likely N-dealkylation sites (tertiary alicyclic amines) is 1. The van der Waals surface area contributed by atoms with E-state index in [1.807, 2.05) is 12.3 Å². The molecule has 0 bridgehead atoms. The van der Waals surface area contributed by atoms with Crippen LogP contribution in [0.15, 0.2) is 54.7 Å². The number of nitrogens with zero attached hydrogens (tertiary/aromatic N) is 3. The van der Waals surface area contributed by atoms with E-state index in [0.717, 1.165) is 42.2 Å². The third-order valence-electron chi connectivity index (χ3n) is 5.72. The van der Waals surface area contributed by atoms with Gasteiger partial charge in [0.15, 0.2) is 0 Å². The van der Waals surface area contributed by atoms with E-state index < -0.39 is 0 Å². The van der Waals surface area contributed by atoms with Crippen molar-refractivity contribution in [2.45, 2.75) is 31.7 Å². The minimum Gasteiger partial charge on any atom is -0.364 e. The highest BCUT2D eigenvalue weighted by Crippen LogP contribution is 2.35. The molecule has 28 heavy (non-hydrogen) atoms. The largest absolute Gasteiger partial charge is 0.364 e. The van der Waals surface area contributed by atoms with Crippen molar-refractivity contribution < 1.29 is 13.5 Å². The molecule has 2 aromatic carbocycles. The van der Waals surface area contributed by atoms with Gasteiger partial charge in [-0.05, 0) is 53.9 Å². The van der Waals surface area contributed by atoms with Crippen LogP contribution in [0.3, 0.4) is 0 Å². The third kappa shape index (κ3) is 3.23. The summed E-state index contributed by atoms with van der Waals surface area (Å²) in [4.78, 5) is 6.81. The SMILES string of the molecule is Fc1ccc(-c2cnc3n2CC2(CCN(Cc4cccc(F)c4)C2)OC3)cc1. The van der Waals surface area contributed by atoms with Gasteiger partial charge in [-0.15, -0.1) is 0 Å². The average Bonchev–Trinajstić information content (AvgIpc) is 3.27. The van der Waals surface area contributed by atoms with Crippen LogP contribution in [0.1, 0.15) is 17.8 Å². The number of imidazole rings is 1. The second-order valence-corrected chi connectivity index (χ2v) is 7.71. The van der Waals surface area contributed by atoms with Crippen LogP contribution in [0.2, 0.25) is 0 Å². The van der Waals surface area contributed by atoms with Gasteiger partial charge < -0.3 is 9.30 Å². The molecular weight excluding hydrogens is 360 g/mol. The Balaban J connectivity index is 1.35. The Kier molecular flexibility index (Phi) is 4.25. The van der Waals surface area contributed by atoms with E-state index in [1.165, 1.54) is 18.2 Å². The van der Waals surface area contributed by atoms with Crippen LogP contribution in [-0.4, -0.2) is 33.1 Å². The summed E-state index contributed by atoms with van der Waals surface area (Å²) in [5.41, 5.74) is 2.65. The van der Waals surface area contributed by atoms with Crippen molar-refractivity contribution in [3.8, 4) is 11.3 Å². The normalized spacial score (nSPS) is 21.9. The van der Waals surface area contributed by atoms with Crippen LogP contribution >= 0.6 is 0 Å². The van der Waals surface area contributed by atoms with Crippen LogP contribution in [0.5, 0.6) is 0 Å². The molecule has 6 heteroatoms. The maximum Gasteiger partial charge on any atom is 0.135 e. The van der Waals surface area contributed by atoms with E-state index in [2.05, 4.69) is 14.5 Å². The summed E-state index contributed by atoms with van der Waals surface area (Å²) in [5, 5.41) is 0. The van der Waals surface area contributed by atoms with Gasteiger partial charge in [-0.25, -0.2) is 13.8 Å². The fraction of sp³-hybridized carbons (Fsp3) is 0.318. The summed E-state index contributed by atoms with van der Waals surface area (Å²) in [6, 6.07) is 13.3. The Morgan fingerprint density at radius 1 is 1.04 bits per heavy atom. The maximum atomic E-state index is 13.5. The number of fused-ring (bicyclic) bond motifs is 1. The summed E-state index contributed by atoms with van der Waals surface area (Å²) in [7, 11) is 0. The van der Waals surface area contributed by atoms with E-state index in [4.69, 9.17) is 4.74 Å². The molecule has 1 saturated heterocycles. The number of benzene rings is 2. The van der Waals surface area contributed by atoms with E-state index in [1.54, 1.807) is 24.3 Å². The lowest BCUT2D eigenvalue weighted by Gasteiger charge is -2.35. The lowest BCUT2D eigenvalue weighted by molar-refractivity contribution is -0.0821. The minimum atomic E-state index is -0.268. The first-order chi connectivity index (χ1) is 13.6. The van der Waals surface area contributed by atoms with Crippen LogP contribution in [0.4, 0.5) is 8.78 Å². The molecule has 0 radical (unpaired) electrons. The van der Waals surface area contributed by atoms with Crippen molar-refractivity contribution >= 4 is 0 Å². The molecule has 1 fully saturated rings. The van der Waals surface area contributed by atoms with Crippen molar-refractivity contribution in [1.29, 1.82) is 0 Å². The predicted octanol–water partition coefficient (Wildman–Crippen LogP) is 4.00. The Labute approximate surface area is 162 Å². The van der Waals surface area contributed by atoms with Gasteiger partial charge >= 0.3 is 0 Å². The fourth-order valence-corrected chi connectivity index (χ4v) is 4.31. The molecule has 3 aromatic rings. The molecule has 0 saturated carbocycles. The monoisotopic (exact) mass is 381 g/mol. The zero-order valence-corrected chi connectivity index (χ0v) is 15.4. The summed E-state index contributed by atoms with van der Waals surface area (Å²) < 4.78 is 35.2. The first kappa shape index (κ1) is 17.5. The van der Waals surface area contributed by atoms with Gasteiger partial charge in [0.2, 0.25) is 0 Å². The molecule has 1 unspecified atom stereocenters. The molecule has 0 aliphatic carbocycles. The molecule has 2 aliphatic rings. The van der Waals surface area contributed by atoms with Crippen molar-refractivity contribution in [1.82, 2.24) is 14.5 Å². The first-order valence-corrected chi connectivity index (χ1v) is 9.51. The quantitative estimate of drug-likeness (QED) is 0.687. The zero-order valence-electron chi connectivity index (χ0n) is 15.4. The number of aromatic nitrogens is 2. The average molecular weight is 381 g/mol. The lowest BCUT2D eigenvalue weighted by atomic mass is 10.0. The van der Waals surface area contributed by atoms with Gasteiger partial charge in [0.05, 0.1) is 18.4 Å². The predicted molar refractivity (Wildman–Crippen MR) is 101 cm³/mol. The second-order valence-electron chi connectivity index (χ2n) is 7.71. The summed E-state index contributed by atoms with van der Waals surface area (Å²) in [6.45, 7) is 3.60. The minimum absolute atomic E-state index is 0.202. The molecule has 1 atom stereocenters. The van der Waals surface area contributed by atoms with E-state index in [0.29, 0.717) is 19.7 Å². The Morgan fingerprint density at radius 2 is 1.89 bits per heavy atom. The van der Waals surface area contributed by atoms with Gasteiger partial charge in [-0.3, -0.25) is 4.90 Å². The number of hydrogen-bond acceptors (Lipinski definition) is 3. The topological polar surface area (TPSA) is 30.3 Å². The number of ether oxygens (including phenoxy) is 1. The van der Waals surface area contributed by atoms with E-state index in [-0.39, 0.29) is 17.2 Å². The molecule has 0 amide bonds. The summed E-state index contributed by atoms with van der Waals surface area (Å²) in [6.07, 6.45) is 2.76. The van der Waals surface area contributed by atoms with Crippen LogP contribution in [0.25, 0.3) is 11.3 Å². The highest BCUT2D eigenvalue weighted by molar-refractivity contribution is 5.59. The van der Waals surface area contributed by atoms with Crippen molar-refractivity contribution in [2.24, 2.45) is 0 Å².